The Morgan fingerprint density at radius 1 is 1.53 bits per heavy atom. The molecule has 0 aromatic rings. The van der Waals surface area contributed by atoms with E-state index in [1.807, 2.05) is 0 Å². The van der Waals surface area contributed by atoms with E-state index in [1.165, 1.54) is 11.0 Å². The van der Waals surface area contributed by atoms with E-state index in [1.54, 1.807) is 0 Å². The van der Waals surface area contributed by atoms with E-state index in [-0.39, 0.29) is 25.2 Å². The second-order valence-electron chi connectivity index (χ2n) is 5.09. The summed E-state index contributed by atoms with van der Waals surface area (Å²) in [5.41, 5.74) is -0.276. The molecule has 106 valence electrons. The number of amides is 1. The Balaban J connectivity index is 2.03. The van der Waals surface area contributed by atoms with Crippen molar-refractivity contribution in [2.75, 3.05) is 19.8 Å². The van der Waals surface area contributed by atoms with Crippen LogP contribution in [0.25, 0.3) is 0 Å². The fourth-order valence-corrected chi connectivity index (χ4v) is 2.52. The SMILES string of the molecule is C=CCOC(=O)N1CC2(CCC2)OCC1CC(=O)O. The lowest BCUT2D eigenvalue weighted by Crippen LogP contribution is -2.61. The molecule has 1 aliphatic carbocycles. The van der Waals surface area contributed by atoms with Gasteiger partial charge in [-0.15, -0.1) is 0 Å². The summed E-state index contributed by atoms with van der Waals surface area (Å²) in [5.74, 6) is -0.945. The molecule has 0 radical (unpaired) electrons. The van der Waals surface area contributed by atoms with Crippen molar-refractivity contribution >= 4 is 12.1 Å². The van der Waals surface area contributed by atoms with Gasteiger partial charge < -0.3 is 14.6 Å². The highest BCUT2D eigenvalue weighted by Crippen LogP contribution is 2.39. The molecule has 2 aliphatic rings. The van der Waals surface area contributed by atoms with Crippen LogP contribution in [-0.4, -0.2) is 53.5 Å². The summed E-state index contributed by atoms with van der Waals surface area (Å²) < 4.78 is 10.8. The van der Waals surface area contributed by atoms with Crippen molar-refractivity contribution in [3.8, 4) is 0 Å². The molecule has 1 spiro atoms. The zero-order valence-electron chi connectivity index (χ0n) is 10.8. The highest BCUT2D eigenvalue weighted by molar-refractivity contribution is 5.72. The largest absolute Gasteiger partial charge is 0.481 e. The van der Waals surface area contributed by atoms with Gasteiger partial charge in [0, 0.05) is 0 Å². The molecule has 1 unspecified atom stereocenters. The molecule has 1 N–H and O–H groups in total. The molecule has 6 nitrogen and oxygen atoms in total. The molecule has 2 rings (SSSR count). The molecule has 6 heteroatoms. The second-order valence-corrected chi connectivity index (χ2v) is 5.09. The van der Waals surface area contributed by atoms with Gasteiger partial charge in [-0.05, 0) is 19.3 Å². The fourth-order valence-electron chi connectivity index (χ4n) is 2.52. The predicted octanol–water partition coefficient (Wildman–Crippen LogP) is 1.41. The van der Waals surface area contributed by atoms with Crippen molar-refractivity contribution in [3.63, 3.8) is 0 Å². The topological polar surface area (TPSA) is 76.1 Å². The zero-order valence-corrected chi connectivity index (χ0v) is 10.8. The molecular weight excluding hydrogens is 250 g/mol. The summed E-state index contributed by atoms with van der Waals surface area (Å²) in [7, 11) is 0. The standard InChI is InChI=1S/C13H19NO5/c1-2-6-18-12(17)14-9-13(4-3-5-13)19-8-10(14)7-11(15)16/h2,10H,1,3-9H2,(H,15,16). The Hall–Kier alpha value is -1.56. The molecule has 1 heterocycles. The normalized spacial score (nSPS) is 24.6. The maximum atomic E-state index is 12.0. The van der Waals surface area contributed by atoms with Gasteiger partial charge in [0.15, 0.2) is 0 Å². The summed E-state index contributed by atoms with van der Waals surface area (Å²) in [6.07, 6.45) is 3.79. The Morgan fingerprint density at radius 3 is 2.79 bits per heavy atom. The third-order valence-electron chi connectivity index (χ3n) is 3.72. The minimum absolute atomic E-state index is 0.126. The van der Waals surface area contributed by atoms with Crippen LogP contribution in [-0.2, 0) is 14.3 Å². The monoisotopic (exact) mass is 269 g/mol. The lowest BCUT2D eigenvalue weighted by molar-refractivity contribution is -0.170. The van der Waals surface area contributed by atoms with Crippen molar-refractivity contribution in [2.45, 2.75) is 37.3 Å². The number of rotatable bonds is 4. The van der Waals surface area contributed by atoms with Crippen LogP contribution in [0.5, 0.6) is 0 Å². The van der Waals surface area contributed by atoms with Crippen LogP contribution in [0.15, 0.2) is 12.7 Å². The summed E-state index contributed by atoms with van der Waals surface area (Å²) >= 11 is 0. The minimum Gasteiger partial charge on any atom is -0.481 e. The third kappa shape index (κ3) is 3.07. The van der Waals surface area contributed by atoms with Crippen molar-refractivity contribution in [3.05, 3.63) is 12.7 Å². The molecule has 1 saturated heterocycles. The first kappa shape index (κ1) is 13.9. The number of carboxylic acid groups (broad SMARTS) is 1. The first-order chi connectivity index (χ1) is 9.06. The van der Waals surface area contributed by atoms with Gasteiger partial charge in [-0.3, -0.25) is 9.69 Å². The van der Waals surface area contributed by atoms with E-state index in [9.17, 15) is 9.59 Å². The molecule has 1 amide bonds. The molecule has 1 saturated carbocycles. The Bertz CT molecular complexity index is 377. The molecule has 19 heavy (non-hydrogen) atoms. The van der Waals surface area contributed by atoms with Crippen molar-refractivity contribution in [2.24, 2.45) is 0 Å². The molecular formula is C13H19NO5. The quantitative estimate of drug-likeness (QED) is 0.781. The van der Waals surface area contributed by atoms with E-state index in [4.69, 9.17) is 14.6 Å². The Labute approximate surface area is 112 Å². The highest BCUT2D eigenvalue weighted by Gasteiger charge is 2.47. The van der Waals surface area contributed by atoms with Gasteiger partial charge in [0.05, 0.1) is 31.2 Å². The fraction of sp³-hybridized carbons (Fsp3) is 0.692. The number of hydrogen-bond donors (Lipinski definition) is 1. The number of nitrogens with zero attached hydrogens (tertiary/aromatic N) is 1. The maximum Gasteiger partial charge on any atom is 0.410 e. The van der Waals surface area contributed by atoms with Crippen molar-refractivity contribution < 1.29 is 24.2 Å². The van der Waals surface area contributed by atoms with Crippen molar-refractivity contribution in [1.29, 1.82) is 0 Å². The number of hydrogen-bond acceptors (Lipinski definition) is 4. The van der Waals surface area contributed by atoms with Crippen LogP contribution in [0, 0.1) is 0 Å². The number of aliphatic carboxylic acids is 1. The van der Waals surface area contributed by atoms with Crippen LogP contribution in [0.1, 0.15) is 25.7 Å². The number of morpholine rings is 1. The number of carbonyl (C=O) groups is 2. The van der Waals surface area contributed by atoms with Crippen molar-refractivity contribution in [1.82, 2.24) is 4.90 Å². The highest BCUT2D eigenvalue weighted by atomic mass is 16.6. The van der Waals surface area contributed by atoms with E-state index in [2.05, 4.69) is 6.58 Å². The Morgan fingerprint density at radius 2 is 2.26 bits per heavy atom. The average Bonchev–Trinajstić information content (AvgIpc) is 2.34. The average molecular weight is 269 g/mol. The smallest absolute Gasteiger partial charge is 0.410 e. The number of carbonyl (C=O) groups excluding carboxylic acids is 1. The van der Waals surface area contributed by atoms with Gasteiger partial charge in [-0.1, -0.05) is 12.7 Å². The van der Waals surface area contributed by atoms with E-state index < -0.39 is 18.1 Å². The summed E-state index contributed by atoms with van der Waals surface area (Å²) in [4.78, 5) is 24.3. The van der Waals surface area contributed by atoms with Gasteiger partial charge in [0.2, 0.25) is 0 Å². The minimum atomic E-state index is -0.945. The zero-order chi connectivity index (χ0) is 13.9. The number of carboxylic acids is 1. The van der Waals surface area contributed by atoms with E-state index in [0.717, 1.165) is 19.3 Å². The first-order valence-corrected chi connectivity index (χ1v) is 6.46. The van der Waals surface area contributed by atoms with Gasteiger partial charge in [-0.25, -0.2) is 4.79 Å². The molecule has 0 aromatic carbocycles. The van der Waals surface area contributed by atoms with Crippen LogP contribution in [0.3, 0.4) is 0 Å². The summed E-state index contributed by atoms with van der Waals surface area (Å²) in [5, 5.41) is 8.89. The van der Waals surface area contributed by atoms with E-state index in [0.29, 0.717) is 6.54 Å². The van der Waals surface area contributed by atoms with Crippen LogP contribution in [0.2, 0.25) is 0 Å². The van der Waals surface area contributed by atoms with E-state index >= 15 is 0 Å². The molecule has 1 aliphatic heterocycles. The van der Waals surface area contributed by atoms with Crippen LogP contribution >= 0.6 is 0 Å². The van der Waals surface area contributed by atoms with Gasteiger partial charge >= 0.3 is 12.1 Å². The Kier molecular flexibility index (Phi) is 4.09. The predicted molar refractivity (Wildman–Crippen MR) is 66.8 cm³/mol. The second kappa shape index (κ2) is 5.61. The lowest BCUT2D eigenvalue weighted by atomic mass is 9.78. The molecule has 0 bridgehead atoms. The first-order valence-electron chi connectivity index (χ1n) is 6.46. The molecule has 1 atom stereocenters. The number of ether oxygens (including phenoxy) is 2. The summed E-state index contributed by atoms with van der Waals surface area (Å²) in [6, 6.07) is -0.457. The van der Waals surface area contributed by atoms with Gasteiger partial charge in [0.25, 0.3) is 0 Å². The maximum absolute atomic E-state index is 12.0. The molecule has 0 aromatic heterocycles. The third-order valence-corrected chi connectivity index (χ3v) is 3.72. The van der Waals surface area contributed by atoms with Crippen LogP contribution < -0.4 is 0 Å². The van der Waals surface area contributed by atoms with Gasteiger partial charge in [-0.2, -0.15) is 0 Å². The summed E-state index contributed by atoms with van der Waals surface area (Å²) in [6.45, 7) is 4.29. The lowest BCUT2D eigenvalue weighted by Gasteiger charge is -2.50. The van der Waals surface area contributed by atoms with Gasteiger partial charge in [0.1, 0.15) is 6.61 Å². The molecule has 2 fully saturated rings. The van der Waals surface area contributed by atoms with Crippen LogP contribution in [0.4, 0.5) is 4.79 Å².